The third-order valence-corrected chi connectivity index (χ3v) is 6.50. The largest absolute Gasteiger partial charge is 0.507 e. The van der Waals surface area contributed by atoms with Crippen LogP contribution in [-0.2, 0) is 22.3 Å². The highest BCUT2D eigenvalue weighted by Gasteiger charge is 2.60. The van der Waals surface area contributed by atoms with E-state index in [4.69, 9.17) is 9.47 Å². The maximum Gasteiger partial charge on any atom is 0.198 e. The number of aromatic hydroxyl groups is 2. The van der Waals surface area contributed by atoms with Crippen molar-refractivity contribution in [1.82, 2.24) is 0 Å². The zero-order chi connectivity index (χ0) is 21.4. The molecule has 0 bridgehead atoms. The molecule has 156 valence electrons. The van der Waals surface area contributed by atoms with Crippen LogP contribution in [0, 0.1) is 0 Å². The molecule has 1 aliphatic heterocycles. The number of carbonyl (C=O) groups is 2. The van der Waals surface area contributed by atoms with Crippen LogP contribution in [0.15, 0.2) is 24.3 Å². The lowest BCUT2D eigenvalue weighted by Crippen LogP contribution is -2.62. The molecule has 1 fully saturated rings. The number of alkyl halides is 1. The molecule has 0 radical (unpaired) electrons. The highest BCUT2D eigenvalue weighted by molar-refractivity contribution is 6.30. The number of rotatable bonds is 1. The van der Waals surface area contributed by atoms with Crippen LogP contribution in [-0.4, -0.2) is 57.7 Å². The minimum Gasteiger partial charge on any atom is -0.507 e. The van der Waals surface area contributed by atoms with Crippen LogP contribution in [0.4, 0.5) is 4.39 Å². The number of benzene rings is 2. The summed E-state index contributed by atoms with van der Waals surface area (Å²) in [6.07, 6.45) is -2.85. The molecule has 3 aliphatic rings. The van der Waals surface area contributed by atoms with Gasteiger partial charge in [-0.15, -0.1) is 0 Å². The van der Waals surface area contributed by atoms with Gasteiger partial charge >= 0.3 is 0 Å². The summed E-state index contributed by atoms with van der Waals surface area (Å²) in [6, 6.07) is 6.10. The summed E-state index contributed by atoms with van der Waals surface area (Å²) in [5.74, 6) is -4.00. The highest BCUT2D eigenvalue weighted by Crippen LogP contribution is 2.50. The van der Waals surface area contributed by atoms with Crippen LogP contribution >= 0.6 is 0 Å². The molecule has 2 atom stereocenters. The van der Waals surface area contributed by atoms with Gasteiger partial charge in [-0.05, 0) is 6.92 Å². The van der Waals surface area contributed by atoms with Gasteiger partial charge in [0.05, 0.1) is 24.3 Å². The molecular formula is C22H19FO7. The lowest BCUT2D eigenvalue weighted by atomic mass is 9.71. The number of carbonyl (C=O) groups excluding carboxylic acids is 2. The van der Waals surface area contributed by atoms with Crippen molar-refractivity contribution in [2.75, 3.05) is 13.2 Å². The van der Waals surface area contributed by atoms with Crippen LogP contribution in [0.1, 0.15) is 49.9 Å². The monoisotopic (exact) mass is 414 g/mol. The van der Waals surface area contributed by atoms with E-state index in [2.05, 4.69) is 0 Å². The van der Waals surface area contributed by atoms with Gasteiger partial charge in [0.25, 0.3) is 0 Å². The molecule has 2 aliphatic carbocycles. The minimum atomic E-state index is -2.16. The second kappa shape index (κ2) is 6.10. The summed E-state index contributed by atoms with van der Waals surface area (Å²) in [5.41, 5.74) is -2.63. The van der Waals surface area contributed by atoms with Gasteiger partial charge in [-0.25, -0.2) is 4.39 Å². The molecule has 30 heavy (non-hydrogen) atoms. The number of hydrogen-bond acceptors (Lipinski definition) is 7. The van der Waals surface area contributed by atoms with Gasteiger partial charge in [-0.3, -0.25) is 9.59 Å². The summed E-state index contributed by atoms with van der Waals surface area (Å²) in [5, 5.41) is 33.0. The molecular weight excluding hydrogens is 395 g/mol. The summed E-state index contributed by atoms with van der Waals surface area (Å²) < 4.78 is 26.1. The first-order chi connectivity index (χ1) is 14.2. The lowest BCUT2D eigenvalue weighted by molar-refractivity contribution is -0.279. The zero-order valence-electron chi connectivity index (χ0n) is 16.1. The molecule has 2 unspecified atom stereocenters. The molecule has 5 rings (SSSR count). The van der Waals surface area contributed by atoms with E-state index in [1.807, 2.05) is 0 Å². The predicted octanol–water partition coefficient (Wildman–Crippen LogP) is 1.80. The van der Waals surface area contributed by atoms with E-state index in [0.717, 1.165) is 0 Å². The van der Waals surface area contributed by atoms with Gasteiger partial charge in [0, 0.05) is 35.1 Å². The van der Waals surface area contributed by atoms with E-state index in [1.54, 1.807) is 12.1 Å². The molecule has 2 aromatic carbocycles. The average Bonchev–Trinajstić information content (AvgIpc) is 3.18. The van der Waals surface area contributed by atoms with Gasteiger partial charge in [0.2, 0.25) is 0 Å². The Labute approximate surface area is 170 Å². The molecule has 3 N–H and O–H groups in total. The third kappa shape index (κ3) is 2.24. The number of halogens is 1. The Hall–Kier alpha value is -2.81. The van der Waals surface area contributed by atoms with E-state index >= 15 is 4.39 Å². The Morgan fingerprint density at radius 3 is 2.00 bits per heavy atom. The number of ketones is 2. The first-order valence-electron chi connectivity index (χ1n) is 9.62. The lowest BCUT2D eigenvalue weighted by Gasteiger charge is -2.45. The van der Waals surface area contributed by atoms with Gasteiger partial charge < -0.3 is 24.8 Å². The second-order valence-electron chi connectivity index (χ2n) is 8.02. The van der Waals surface area contributed by atoms with Crippen molar-refractivity contribution in [3.63, 3.8) is 0 Å². The Morgan fingerprint density at radius 2 is 1.47 bits per heavy atom. The van der Waals surface area contributed by atoms with Crippen molar-refractivity contribution < 1.29 is 38.8 Å². The van der Waals surface area contributed by atoms with Gasteiger partial charge in [0.1, 0.15) is 17.7 Å². The van der Waals surface area contributed by atoms with Crippen molar-refractivity contribution in [3.05, 3.63) is 57.6 Å². The number of phenols is 2. The fraction of sp³-hybridized carbons (Fsp3) is 0.364. The summed E-state index contributed by atoms with van der Waals surface area (Å²) in [7, 11) is 0. The van der Waals surface area contributed by atoms with Crippen LogP contribution in [0.25, 0.3) is 0 Å². The fourth-order valence-corrected chi connectivity index (χ4v) is 4.76. The SMILES string of the molecule is CC1(C2(O)Cc3c(O)c4c(c(O)c3CC2F)C(=O)c2ccccc2C4=O)OCCO1. The summed E-state index contributed by atoms with van der Waals surface area (Å²) in [4.78, 5) is 26.0. The zero-order valence-corrected chi connectivity index (χ0v) is 16.1. The molecule has 1 saturated heterocycles. The van der Waals surface area contributed by atoms with E-state index in [9.17, 15) is 24.9 Å². The first kappa shape index (κ1) is 19.2. The molecule has 2 aromatic rings. The van der Waals surface area contributed by atoms with Crippen molar-refractivity contribution >= 4 is 11.6 Å². The third-order valence-electron chi connectivity index (χ3n) is 6.50. The Balaban J connectivity index is 1.72. The van der Waals surface area contributed by atoms with E-state index in [-0.39, 0.29) is 46.6 Å². The van der Waals surface area contributed by atoms with Crippen molar-refractivity contribution in [2.45, 2.75) is 37.3 Å². The molecule has 0 aromatic heterocycles. The van der Waals surface area contributed by atoms with Crippen LogP contribution < -0.4 is 0 Å². The highest BCUT2D eigenvalue weighted by atomic mass is 19.1. The Bertz CT molecular complexity index is 1120. The number of phenolic OH excluding ortho intramolecular Hbond substituents is 2. The maximum atomic E-state index is 15.2. The topological polar surface area (TPSA) is 113 Å². The molecule has 0 spiro atoms. The predicted molar refractivity (Wildman–Crippen MR) is 101 cm³/mol. The normalized spacial score (nSPS) is 26.8. The van der Waals surface area contributed by atoms with E-state index < -0.39 is 53.5 Å². The van der Waals surface area contributed by atoms with Crippen molar-refractivity contribution in [2.24, 2.45) is 0 Å². The summed E-state index contributed by atoms with van der Waals surface area (Å²) in [6.45, 7) is 1.75. The molecule has 1 heterocycles. The maximum absolute atomic E-state index is 15.2. The van der Waals surface area contributed by atoms with Crippen LogP contribution in [0.5, 0.6) is 11.5 Å². The molecule has 8 heteroatoms. The van der Waals surface area contributed by atoms with Crippen LogP contribution in [0.2, 0.25) is 0 Å². The van der Waals surface area contributed by atoms with Crippen LogP contribution in [0.3, 0.4) is 0 Å². The van der Waals surface area contributed by atoms with Gasteiger partial charge in [-0.1, -0.05) is 24.3 Å². The van der Waals surface area contributed by atoms with Gasteiger partial charge in [0.15, 0.2) is 23.0 Å². The molecule has 7 nitrogen and oxygen atoms in total. The quantitative estimate of drug-likeness (QED) is 0.521. The minimum absolute atomic E-state index is 0.00325. The average molecular weight is 414 g/mol. The number of hydrogen-bond donors (Lipinski definition) is 3. The van der Waals surface area contributed by atoms with Crippen molar-refractivity contribution in [3.8, 4) is 11.5 Å². The molecule has 0 amide bonds. The van der Waals surface area contributed by atoms with E-state index in [1.165, 1.54) is 19.1 Å². The van der Waals surface area contributed by atoms with E-state index in [0.29, 0.717) is 0 Å². The Morgan fingerprint density at radius 1 is 0.967 bits per heavy atom. The number of fused-ring (bicyclic) bond motifs is 3. The standard InChI is InChI=1S/C22H19FO7/c1-21(29-6-7-30-21)22(28)9-13-12(8-14(22)23)19(26)15-16(20(13)27)18(25)11-5-3-2-4-10(11)17(15)24/h2-5,14,26-28H,6-9H2,1H3. The van der Waals surface area contributed by atoms with Gasteiger partial charge in [-0.2, -0.15) is 0 Å². The Kier molecular flexibility index (Phi) is 3.90. The molecule has 0 saturated carbocycles. The summed E-state index contributed by atoms with van der Waals surface area (Å²) >= 11 is 0. The smallest absolute Gasteiger partial charge is 0.198 e. The fourth-order valence-electron chi connectivity index (χ4n) is 4.76. The second-order valence-corrected chi connectivity index (χ2v) is 8.02. The number of aliphatic hydroxyl groups is 1. The first-order valence-corrected chi connectivity index (χ1v) is 9.62. The van der Waals surface area contributed by atoms with Crippen molar-refractivity contribution in [1.29, 1.82) is 0 Å². The number of ether oxygens (including phenoxy) is 2.